The summed E-state index contributed by atoms with van der Waals surface area (Å²) in [4.78, 5) is 9.89. The molecule has 2 aromatic rings. The monoisotopic (exact) mass is 364 g/mol. The molecule has 0 aliphatic heterocycles. The maximum Gasteiger partial charge on any atom is 0.432 e. The van der Waals surface area contributed by atoms with E-state index in [-0.39, 0.29) is 17.1 Å². The zero-order chi connectivity index (χ0) is 19.2. The number of nitrogens with zero attached hydrogens (tertiary/aromatic N) is 2. The van der Waals surface area contributed by atoms with E-state index in [2.05, 4.69) is 20.3 Å². The first-order valence-electron chi connectivity index (χ1n) is 7.80. The summed E-state index contributed by atoms with van der Waals surface area (Å²) in [6.07, 6.45) is 3.68. The molecule has 2 aromatic heterocycles. The van der Waals surface area contributed by atoms with Gasteiger partial charge in [0.25, 0.3) is 0 Å². The van der Waals surface area contributed by atoms with Gasteiger partial charge in [0.2, 0.25) is 0 Å². The molecule has 9 heteroatoms. The molecule has 0 aromatic carbocycles. The number of alkyl halides is 3. The minimum atomic E-state index is -4.54. The van der Waals surface area contributed by atoms with Crippen LogP contribution >= 0.6 is 0 Å². The number of allylic oxidation sites excluding steroid dienone is 2. The smallest absolute Gasteiger partial charge is 0.395 e. The predicted molar refractivity (Wildman–Crippen MR) is 94.1 cm³/mol. The van der Waals surface area contributed by atoms with Crippen molar-refractivity contribution in [3.05, 3.63) is 59.0 Å². The molecular weight excluding hydrogens is 345 g/mol. The Morgan fingerprint density at radius 3 is 2.73 bits per heavy atom. The van der Waals surface area contributed by atoms with Gasteiger partial charge in [0, 0.05) is 30.7 Å². The van der Waals surface area contributed by atoms with Crippen molar-refractivity contribution < 1.29 is 13.2 Å². The van der Waals surface area contributed by atoms with Gasteiger partial charge in [-0.25, -0.2) is 4.98 Å². The molecule has 0 radical (unpaired) electrons. The van der Waals surface area contributed by atoms with E-state index in [1.165, 1.54) is 6.08 Å². The van der Waals surface area contributed by atoms with Gasteiger partial charge in [0.1, 0.15) is 5.69 Å². The van der Waals surface area contributed by atoms with Crippen LogP contribution in [0, 0.1) is 5.41 Å². The Balaban J connectivity index is 2.24. The van der Waals surface area contributed by atoms with Gasteiger partial charge in [-0.3, -0.25) is 4.98 Å². The zero-order valence-electron chi connectivity index (χ0n) is 14.1. The highest BCUT2D eigenvalue weighted by atomic mass is 19.4. The zero-order valence-corrected chi connectivity index (χ0v) is 14.1. The van der Waals surface area contributed by atoms with Crippen LogP contribution in [0.3, 0.4) is 0 Å². The van der Waals surface area contributed by atoms with E-state index in [9.17, 15) is 13.2 Å². The van der Waals surface area contributed by atoms with Crippen LogP contribution in [-0.4, -0.2) is 27.7 Å². The average Bonchev–Trinajstić information content (AvgIpc) is 3.11. The fourth-order valence-corrected chi connectivity index (χ4v) is 2.11. The van der Waals surface area contributed by atoms with Gasteiger partial charge in [-0.2, -0.15) is 13.2 Å². The van der Waals surface area contributed by atoms with E-state index >= 15 is 0 Å². The summed E-state index contributed by atoms with van der Waals surface area (Å²) < 4.78 is 37.9. The SMILES string of the molecule is CCNCc1cncc(/C=C/C(C=N)=C(N)c2ncc(C(F)(F)F)[nH]2)c1. The fraction of sp³-hybridized carbons (Fsp3) is 0.235. The number of H-pyrrole nitrogens is 1. The summed E-state index contributed by atoms with van der Waals surface area (Å²) >= 11 is 0. The summed E-state index contributed by atoms with van der Waals surface area (Å²) in [5.74, 6) is -0.139. The van der Waals surface area contributed by atoms with Crippen LogP contribution in [0.2, 0.25) is 0 Å². The van der Waals surface area contributed by atoms with Crippen molar-refractivity contribution in [3.8, 4) is 0 Å². The number of pyridine rings is 1. The van der Waals surface area contributed by atoms with Gasteiger partial charge in [-0.05, 0) is 23.7 Å². The van der Waals surface area contributed by atoms with E-state index in [4.69, 9.17) is 11.1 Å². The number of rotatable bonds is 7. The van der Waals surface area contributed by atoms with E-state index in [1.54, 1.807) is 18.5 Å². The molecular formula is C17H19F3N6. The third kappa shape index (κ3) is 5.03. The number of hydrogen-bond acceptors (Lipinski definition) is 5. The van der Waals surface area contributed by atoms with Gasteiger partial charge < -0.3 is 21.4 Å². The summed E-state index contributed by atoms with van der Waals surface area (Å²) in [5.41, 5.74) is 6.80. The highest BCUT2D eigenvalue weighted by Crippen LogP contribution is 2.28. The second-order valence-corrected chi connectivity index (χ2v) is 5.40. The van der Waals surface area contributed by atoms with Crippen LogP contribution in [-0.2, 0) is 12.7 Å². The van der Waals surface area contributed by atoms with E-state index in [1.807, 2.05) is 13.0 Å². The second kappa shape index (κ2) is 8.43. The third-order valence-electron chi connectivity index (χ3n) is 3.45. The molecule has 0 bridgehead atoms. The van der Waals surface area contributed by atoms with Crippen LogP contribution in [0.1, 0.15) is 29.6 Å². The number of nitrogens with two attached hydrogens (primary N) is 1. The molecule has 0 aliphatic carbocycles. The van der Waals surface area contributed by atoms with Gasteiger partial charge in [0.05, 0.1) is 11.9 Å². The Morgan fingerprint density at radius 2 is 2.12 bits per heavy atom. The fourth-order valence-electron chi connectivity index (χ4n) is 2.11. The molecule has 26 heavy (non-hydrogen) atoms. The summed E-state index contributed by atoms with van der Waals surface area (Å²) in [5, 5.41) is 10.7. The Kier molecular flexibility index (Phi) is 6.29. The highest BCUT2D eigenvalue weighted by molar-refractivity contribution is 5.92. The van der Waals surface area contributed by atoms with Crippen molar-refractivity contribution in [1.29, 1.82) is 5.41 Å². The number of imidazole rings is 1. The van der Waals surface area contributed by atoms with E-state index in [0.29, 0.717) is 12.7 Å². The molecule has 0 fully saturated rings. The third-order valence-corrected chi connectivity index (χ3v) is 3.45. The Bertz CT molecular complexity index is 820. The first-order chi connectivity index (χ1) is 12.3. The molecule has 6 nitrogen and oxygen atoms in total. The molecule has 0 saturated heterocycles. The number of aromatic nitrogens is 3. The number of halogens is 3. The van der Waals surface area contributed by atoms with Crippen LogP contribution in [0.15, 0.2) is 36.3 Å². The molecule has 0 unspecified atom stereocenters. The summed E-state index contributed by atoms with van der Waals surface area (Å²) in [6, 6.07) is 1.92. The lowest BCUT2D eigenvalue weighted by atomic mass is 10.1. The van der Waals surface area contributed by atoms with Crippen molar-refractivity contribution in [1.82, 2.24) is 20.3 Å². The molecule has 2 heterocycles. The van der Waals surface area contributed by atoms with Crippen LogP contribution in [0.25, 0.3) is 11.8 Å². The second-order valence-electron chi connectivity index (χ2n) is 5.40. The van der Waals surface area contributed by atoms with Gasteiger partial charge in [0.15, 0.2) is 5.82 Å². The normalized spacial score (nSPS) is 13.1. The van der Waals surface area contributed by atoms with E-state index < -0.39 is 11.9 Å². The minimum absolute atomic E-state index is 0.0523. The predicted octanol–water partition coefficient (Wildman–Crippen LogP) is 2.97. The topological polar surface area (TPSA) is 103 Å². The molecule has 0 saturated carbocycles. The number of nitrogens with one attached hydrogen (secondary N) is 3. The maximum absolute atomic E-state index is 12.6. The average molecular weight is 364 g/mol. The first-order valence-corrected chi connectivity index (χ1v) is 7.80. The Morgan fingerprint density at radius 1 is 1.35 bits per heavy atom. The van der Waals surface area contributed by atoms with Gasteiger partial charge >= 0.3 is 6.18 Å². The molecule has 0 spiro atoms. The van der Waals surface area contributed by atoms with Crippen LogP contribution < -0.4 is 11.1 Å². The highest BCUT2D eigenvalue weighted by Gasteiger charge is 2.33. The van der Waals surface area contributed by atoms with E-state index in [0.717, 1.165) is 23.9 Å². The quantitative estimate of drug-likeness (QED) is 0.448. The summed E-state index contributed by atoms with van der Waals surface area (Å²) in [7, 11) is 0. The lowest BCUT2D eigenvalue weighted by molar-refractivity contribution is -0.140. The van der Waals surface area contributed by atoms with Crippen LogP contribution in [0.4, 0.5) is 13.2 Å². The molecule has 2 rings (SSSR count). The lowest BCUT2D eigenvalue weighted by Crippen LogP contribution is -2.11. The van der Waals surface area contributed by atoms with Gasteiger partial charge in [-0.1, -0.05) is 19.1 Å². The van der Waals surface area contributed by atoms with Crippen molar-refractivity contribution in [2.75, 3.05) is 6.54 Å². The largest absolute Gasteiger partial charge is 0.432 e. The number of aromatic amines is 1. The molecule has 5 N–H and O–H groups in total. The lowest BCUT2D eigenvalue weighted by Gasteiger charge is -2.04. The molecule has 0 aliphatic rings. The first kappa shape index (κ1) is 19.4. The van der Waals surface area contributed by atoms with Gasteiger partial charge in [-0.15, -0.1) is 0 Å². The van der Waals surface area contributed by atoms with Crippen molar-refractivity contribution in [2.24, 2.45) is 5.73 Å². The minimum Gasteiger partial charge on any atom is -0.395 e. The Labute approximate surface area is 148 Å². The van der Waals surface area contributed by atoms with Crippen molar-refractivity contribution >= 4 is 18.0 Å². The van der Waals surface area contributed by atoms with Crippen LogP contribution in [0.5, 0.6) is 0 Å². The summed E-state index contributed by atoms with van der Waals surface area (Å²) in [6.45, 7) is 3.51. The maximum atomic E-state index is 12.6. The Hall–Kier alpha value is -2.94. The number of hydrogen-bond donors (Lipinski definition) is 4. The van der Waals surface area contributed by atoms with Crippen molar-refractivity contribution in [2.45, 2.75) is 19.6 Å². The molecule has 0 amide bonds. The molecule has 138 valence electrons. The standard InChI is InChI=1S/C17H19F3N6/c1-2-23-8-12-5-11(7-24-9-12)3-4-13(6-21)15(22)16-25-10-14(26-16)17(18,19)20/h3-7,9-10,21,23H,2,8,22H2,1H3,(H,25,26)/b4-3+,15-13?,21-6?. The van der Waals surface area contributed by atoms with Crippen molar-refractivity contribution in [3.63, 3.8) is 0 Å². The molecule has 0 atom stereocenters.